The number of H-pyrrole nitrogens is 1. The van der Waals surface area contributed by atoms with Gasteiger partial charge in [-0.15, -0.1) is 0 Å². The Bertz CT molecular complexity index is 1450. The number of rotatable bonds is 6. The van der Waals surface area contributed by atoms with Crippen molar-refractivity contribution in [1.82, 2.24) is 19.2 Å². The van der Waals surface area contributed by atoms with E-state index in [4.69, 9.17) is 4.74 Å². The molecule has 0 spiro atoms. The quantitative estimate of drug-likeness (QED) is 0.478. The number of aromatic amines is 1. The molecule has 0 unspecified atom stereocenters. The van der Waals surface area contributed by atoms with Crippen LogP contribution in [0.4, 0.5) is 4.39 Å². The van der Waals surface area contributed by atoms with Crippen LogP contribution in [-0.4, -0.2) is 45.6 Å². The van der Waals surface area contributed by atoms with Gasteiger partial charge in [0, 0.05) is 37.0 Å². The molecule has 5 rings (SSSR count). The molecule has 0 aliphatic carbocycles. The van der Waals surface area contributed by atoms with Crippen LogP contribution in [0.1, 0.15) is 22.4 Å². The van der Waals surface area contributed by atoms with E-state index in [-0.39, 0.29) is 23.5 Å². The first-order valence-electron chi connectivity index (χ1n) is 11.4. The minimum Gasteiger partial charge on any atom is -0.379 e. The van der Waals surface area contributed by atoms with E-state index in [1.54, 1.807) is 29.7 Å². The molecule has 1 aliphatic rings. The van der Waals surface area contributed by atoms with Gasteiger partial charge in [-0.2, -0.15) is 0 Å². The molecular weight excluding hydrogens is 435 g/mol. The van der Waals surface area contributed by atoms with Crippen LogP contribution in [0.3, 0.4) is 0 Å². The lowest BCUT2D eigenvalue weighted by molar-refractivity contribution is 0.0340. The van der Waals surface area contributed by atoms with Gasteiger partial charge >= 0.3 is 0 Å². The van der Waals surface area contributed by atoms with Gasteiger partial charge in [0.1, 0.15) is 5.82 Å². The van der Waals surface area contributed by atoms with E-state index in [2.05, 4.69) is 16.1 Å². The Morgan fingerprint density at radius 2 is 1.56 bits per heavy atom. The summed E-state index contributed by atoms with van der Waals surface area (Å²) in [6.45, 7) is 6.23. The number of nitrogens with zero attached hydrogens (tertiary/aromatic N) is 3. The zero-order chi connectivity index (χ0) is 23.7. The molecule has 1 N–H and O–H groups in total. The van der Waals surface area contributed by atoms with Crippen LogP contribution >= 0.6 is 0 Å². The lowest BCUT2D eigenvalue weighted by atomic mass is 10.1. The van der Waals surface area contributed by atoms with Crippen LogP contribution in [0.25, 0.3) is 10.9 Å². The van der Waals surface area contributed by atoms with Gasteiger partial charge in [-0.3, -0.25) is 19.6 Å². The highest BCUT2D eigenvalue weighted by molar-refractivity contribution is 5.80. The molecule has 0 amide bonds. The Morgan fingerprint density at radius 3 is 2.26 bits per heavy atom. The summed E-state index contributed by atoms with van der Waals surface area (Å²) >= 11 is 0. The summed E-state index contributed by atoms with van der Waals surface area (Å²) in [5.74, 6) is -0.374. The van der Waals surface area contributed by atoms with E-state index in [1.807, 2.05) is 18.2 Å². The van der Waals surface area contributed by atoms with Crippen LogP contribution in [-0.2, 0) is 24.4 Å². The highest BCUT2D eigenvalue weighted by atomic mass is 19.1. The van der Waals surface area contributed by atoms with Crippen molar-refractivity contribution in [1.29, 1.82) is 0 Å². The number of pyridine rings is 1. The number of aryl methyl sites for hydroxylation is 1. The number of benzene rings is 2. The number of fused-ring (bicyclic) bond motifs is 1. The van der Waals surface area contributed by atoms with Crippen molar-refractivity contribution in [2.24, 2.45) is 0 Å². The molecule has 0 saturated carbocycles. The van der Waals surface area contributed by atoms with Gasteiger partial charge in [-0.1, -0.05) is 42.5 Å². The van der Waals surface area contributed by atoms with E-state index < -0.39 is 0 Å². The first-order chi connectivity index (χ1) is 16.5. The minimum atomic E-state index is -0.374. The van der Waals surface area contributed by atoms with Crippen molar-refractivity contribution in [3.63, 3.8) is 0 Å². The first-order valence-corrected chi connectivity index (χ1v) is 11.4. The van der Waals surface area contributed by atoms with Crippen LogP contribution in [0.2, 0.25) is 0 Å². The summed E-state index contributed by atoms with van der Waals surface area (Å²) in [4.78, 5) is 28.6. The third-order valence-electron chi connectivity index (χ3n) is 6.52. The second kappa shape index (κ2) is 9.40. The summed E-state index contributed by atoms with van der Waals surface area (Å²) in [6.07, 6.45) is 0. The van der Waals surface area contributed by atoms with E-state index >= 15 is 0 Å². The van der Waals surface area contributed by atoms with Crippen LogP contribution in [0, 0.1) is 12.7 Å². The number of hydrogen-bond donors (Lipinski definition) is 1. The zero-order valence-electron chi connectivity index (χ0n) is 19.1. The molecule has 0 bridgehead atoms. The smallest absolute Gasteiger partial charge is 0.276 e. The number of halogens is 1. The van der Waals surface area contributed by atoms with Gasteiger partial charge in [0.05, 0.1) is 37.2 Å². The number of hydrogen-bond acceptors (Lipinski definition) is 4. The summed E-state index contributed by atoms with van der Waals surface area (Å²) in [6, 6.07) is 15.9. The Labute approximate surface area is 196 Å². The molecule has 8 heteroatoms. The Hall–Kier alpha value is -3.49. The second-order valence-electron chi connectivity index (χ2n) is 8.69. The lowest BCUT2D eigenvalue weighted by Gasteiger charge is -2.27. The largest absolute Gasteiger partial charge is 0.379 e. The SMILES string of the molecule is Cc1c2c(=O)n(Cc3ccccc3F)[nH]c2cc(=O)n1Cc1ccccc1CN1CCOCC1. The normalized spacial score (nSPS) is 14.6. The molecule has 0 radical (unpaired) electrons. The third kappa shape index (κ3) is 4.34. The van der Waals surface area contributed by atoms with E-state index in [9.17, 15) is 14.0 Å². The third-order valence-corrected chi connectivity index (χ3v) is 6.52. The topological polar surface area (TPSA) is 72.3 Å². The monoisotopic (exact) mass is 462 g/mol. The lowest BCUT2D eigenvalue weighted by Crippen LogP contribution is -2.36. The fourth-order valence-corrected chi connectivity index (χ4v) is 4.60. The number of aromatic nitrogens is 3. The van der Waals surface area contributed by atoms with E-state index in [1.165, 1.54) is 16.8 Å². The van der Waals surface area contributed by atoms with Gasteiger partial charge in [0.2, 0.25) is 0 Å². The summed E-state index contributed by atoms with van der Waals surface area (Å²) in [5, 5.41) is 3.43. The summed E-state index contributed by atoms with van der Waals surface area (Å²) in [7, 11) is 0. The summed E-state index contributed by atoms with van der Waals surface area (Å²) in [5.41, 5.74) is 3.19. The number of morpholine rings is 1. The number of nitrogens with one attached hydrogen (secondary N) is 1. The van der Waals surface area contributed by atoms with Gasteiger partial charge < -0.3 is 9.30 Å². The van der Waals surface area contributed by atoms with Gasteiger partial charge in [-0.25, -0.2) is 9.07 Å². The molecule has 1 fully saturated rings. The van der Waals surface area contributed by atoms with E-state index in [0.29, 0.717) is 28.7 Å². The highest BCUT2D eigenvalue weighted by Crippen LogP contribution is 2.17. The average molecular weight is 463 g/mol. The number of ether oxygens (including phenoxy) is 1. The Morgan fingerprint density at radius 1 is 0.912 bits per heavy atom. The maximum atomic E-state index is 14.1. The predicted octanol–water partition coefficient (Wildman–Crippen LogP) is 2.87. The molecule has 1 saturated heterocycles. The molecular formula is C26H27FN4O3. The maximum Gasteiger partial charge on any atom is 0.276 e. The Kier molecular flexibility index (Phi) is 6.17. The fourth-order valence-electron chi connectivity index (χ4n) is 4.60. The molecule has 1 aliphatic heterocycles. The van der Waals surface area contributed by atoms with Crippen molar-refractivity contribution in [3.05, 3.63) is 104 Å². The molecule has 176 valence electrons. The molecule has 2 aromatic carbocycles. The fraction of sp³-hybridized carbons (Fsp3) is 0.308. The van der Waals surface area contributed by atoms with Crippen molar-refractivity contribution in [3.8, 4) is 0 Å². The van der Waals surface area contributed by atoms with Crippen LogP contribution in [0.15, 0.2) is 64.2 Å². The van der Waals surface area contributed by atoms with Crippen molar-refractivity contribution < 1.29 is 9.13 Å². The highest BCUT2D eigenvalue weighted by Gasteiger charge is 2.17. The average Bonchev–Trinajstić information content (AvgIpc) is 3.14. The van der Waals surface area contributed by atoms with Crippen molar-refractivity contribution >= 4 is 10.9 Å². The molecule has 7 nitrogen and oxygen atoms in total. The maximum absolute atomic E-state index is 14.1. The minimum absolute atomic E-state index is 0.0657. The second-order valence-corrected chi connectivity index (χ2v) is 8.69. The van der Waals surface area contributed by atoms with Crippen molar-refractivity contribution in [2.45, 2.75) is 26.6 Å². The summed E-state index contributed by atoms with van der Waals surface area (Å²) < 4.78 is 22.6. The first kappa shape index (κ1) is 22.3. The molecule has 3 heterocycles. The zero-order valence-corrected chi connectivity index (χ0v) is 19.1. The predicted molar refractivity (Wildman–Crippen MR) is 129 cm³/mol. The van der Waals surface area contributed by atoms with Crippen LogP contribution in [0.5, 0.6) is 0 Å². The van der Waals surface area contributed by atoms with E-state index in [0.717, 1.165) is 44.0 Å². The molecule has 2 aromatic heterocycles. The Balaban J connectivity index is 1.49. The molecule has 4 aromatic rings. The molecule has 0 atom stereocenters. The van der Waals surface area contributed by atoms with Gasteiger partial charge in [-0.05, 0) is 24.1 Å². The van der Waals surface area contributed by atoms with Gasteiger partial charge in [0.25, 0.3) is 11.1 Å². The molecule has 34 heavy (non-hydrogen) atoms. The van der Waals surface area contributed by atoms with Crippen molar-refractivity contribution in [2.75, 3.05) is 26.3 Å². The standard InChI is InChI=1S/C26H27FN4O3/c1-18-25-23(28-31(26(25)33)17-21-8-4-5-9-22(21)27)14-24(32)30(18)16-20-7-3-2-6-19(20)15-29-10-12-34-13-11-29/h2-9,14,28H,10-13,15-17H2,1H3. The van der Waals surface area contributed by atoms with Gasteiger partial charge in [0.15, 0.2) is 0 Å². The van der Waals surface area contributed by atoms with Crippen LogP contribution < -0.4 is 11.1 Å².